The van der Waals surface area contributed by atoms with Gasteiger partial charge in [-0.15, -0.1) is 0 Å². The summed E-state index contributed by atoms with van der Waals surface area (Å²) in [6, 6.07) is 0. The molecule has 23 heavy (non-hydrogen) atoms. The van der Waals surface area contributed by atoms with Gasteiger partial charge >= 0.3 is 11.9 Å². The fourth-order valence-electron chi connectivity index (χ4n) is 2.47. The van der Waals surface area contributed by atoms with Gasteiger partial charge in [-0.2, -0.15) is 0 Å². The number of rotatable bonds is 3. The van der Waals surface area contributed by atoms with E-state index in [0.717, 1.165) is 0 Å². The number of carbonyl (C=O) groups is 2. The minimum atomic E-state index is -2.24. The van der Waals surface area contributed by atoms with Crippen molar-refractivity contribution in [3.63, 3.8) is 0 Å². The molecule has 0 radical (unpaired) electrons. The number of hydrogen-bond acceptors (Lipinski definition) is 6. The number of ether oxygens (including phenoxy) is 3. The maximum absolute atomic E-state index is 12.1. The van der Waals surface area contributed by atoms with Gasteiger partial charge in [-0.1, -0.05) is 20.8 Å². The minimum absolute atomic E-state index is 0.0898. The highest BCUT2D eigenvalue weighted by molar-refractivity contribution is 6.74. The normalized spacial score (nSPS) is 34.0. The quantitative estimate of drug-likeness (QED) is 0.475. The van der Waals surface area contributed by atoms with Crippen molar-refractivity contribution in [2.24, 2.45) is 5.92 Å². The van der Waals surface area contributed by atoms with Gasteiger partial charge in [0.15, 0.2) is 20.0 Å². The van der Waals surface area contributed by atoms with E-state index in [0.29, 0.717) is 0 Å². The Morgan fingerprint density at radius 2 is 1.74 bits per heavy atom. The van der Waals surface area contributed by atoms with Gasteiger partial charge in [-0.25, -0.2) is 0 Å². The molecule has 2 aliphatic heterocycles. The monoisotopic (exact) mass is 346 g/mol. The van der Waals surface area contributed by atoms with Crippen molar-refractivity contribution in [1.29, 1.82) is 0 Å². The first-order valence-corrected chi connectivity index (χ1v) is 10.6. The Hall–Kier alpha value is -0.963. The van der Waals surface area contributed by atoms with Crippen LogP contribution in [0.1, 0.15) is 34.6 Å². The molecule has 0 unspecified atom stereocenters. The smallest absolute Gasteiger partial charge is 0.325 e. The molecule has 4 atom stereocenters. The lowest BCUT2D eigenvalue weighted by Crippen LogP contribution is -2.58. The van der Waals surface area contributed by atoms with Crippen LogP contribution in [0.15, 0.2) is 0 Å². The van der Waals surface area contributed by atoms with Crippen LogP contribution in [0.4, 0.5) is 0 Å². The summed E-state index contributed by atoms with van der Waals surface area (Å²) in [5.41, 5.74) is 0. The van der Waals surface area contributed by atoms with Crippen LogP contribution in [0.5, 0.6) is 0 Å². The molecule has 0 aromatic carbocycles. The fraction of sp³-hybridized carbons (Fsp3) is 0.867. The summed E-state index contributed by atoms with van der Waals surface area (Å²) in [6.07, 6.45) is -2.62. The van der Waals surface area contributed by atoms with Crippen LogP contribution in [0, 0.1) is 5.92 Å². The van der Waals surface area contributed by atoms with Crippen molar-refractivity contribution in [1.82, 2.24) is 0 Å². The lowest BCUT2D eigenvalue weighted by atomic mass is 9.95. The zero-order valence-electron chi connectivity index (χ0n) is 14.7. The summed E-state index contributed by atoms with van der Waals surface area (Å²) >= 11 is 0. The van der Waals surface area contributed by atoms with Crippen LogP contribution in [0.2, 0.25) is 18.1 Å². The maximum Gasteiger partial charge on any atom is 0.325 e. The third-order valence-corrected chi connectivity index (χ3v) is 9.16. The van der Waals surface area contributed by atoms with E-state index in [-0.39, 0.29) is 5.04 Å². The van der Waals surface area contributed by atoms with Crippen LogP contribution < -0.4 is 0 Å². The van der Waals surface area contributed by atoms with Crippen molar-refractivity contribution < 1.29 is 33.3 Å². The molecule has 1 N–H and O–H groups in total. The van der Waals surface area contributed by atoms with E-state index in [9.17, 15) is 14.7 Å². The number of carbonyl (C=O) groups excluding carboxylic acids is 1. The molecule has 2 fully saturated rings. The van der Waals surface area contributed by atoms with Gasteiger partial charge < -0.3 is 23.7 Å². The van der Waals surface area contributed by atoms with Gasteiger partial charge in [0.2, 0.25) is 6.29 Å². The average molecular weight is 346 g/mol. The summed E-state index contributed by atoms with van der Waals surface area (Å²) in [4.78, 5) is 23.5. The molecule has 0 saturated carbocycles. The molecule has 2 rings (SSSR count). The molecule has 0 aliphatic carbocycles. The number of aliphatic carboxylic acids is 1. The van der Waals surface area contributed by atoms with Crippen molar-refractivity contribution in [3.8, 4) is 0 Å². The predicted octanol–water partition coefficient (Wildman–Crippen LogP) is 2.11. The first-order chi connectivity index (χ1) is 10.3. The van der Waals surface area contributed by atoms with Crippen LogP contribution in [-0.2, 0) is 28.2 Å². The maximum atomic E-state index is 12.1. The third-order valence-electron chi connectivity index (χ3n) is 4.73. The molecule has 2 aliphatic rings. The van der Waals surface area contributed by atoms with Crippen LogP contribution in [0.25, 0.3) is 0 Å². The fourth-order valence-corrected chi connectivity index (χ4v) is 3.59. The van der Waals surface area contributed by atoms with Gasteiger partial charge in [0.05, 0.1) is 0 Å². The first-order valence-electron chi connectivity index (χ1n) is 7.72. The van der Waals surface area contributed by atoms with Crippen LogP contribution in [0.3, 0.4) is 0 Å². The Labute approximate surface area is 137 Å². The van der Waals surface area contributed by atoms with Gasteiger partial charge in [0.25, 0.3) is 0 Å². The van der Waals surface area contributed by atoms with E-state index in [1.54, 1.807) is 13.8 Å². The van der Waals surface area contributed by atoms with Crippen molar-refractivity contribution in [3.05, 3.63) is 0 Å². The lowest BCUT2D eigenvalue weighted by Gasteiger charge is -2.42. The van der Waals surface area contributed by atoms with Gasteiger partial charge in [-0.3, -0.25) is 9.59 Å². The number of esters is 1. The zero-order chi connectivity index (χ0) is 17.8. The largest absolute Gasteiger partial charge is 0.481 e. The van der Waals surface area contributed by atoms with E-state index in [2.05, 4.69) is 20.8 Å². The van der Waals surface area contributed by atoms with E-state index in [1.807, 2.05) is 13.1 Å². The number of hydrogen-bond donors (Lipinski definition) is 1. The Bertz CT molecular complexity index is 508. The van der Waals surface area contributed by atoms with E-state index >= 15 is 0 Å². The molecule has 0 bridgehead atoms. The van der Waals surface area contributed by atoms with Gasteiger partial charge in [-0.05, 0) is 32.0 Å². The summed E-state index contributed by atoms with van der Waals surface area (Å²) in [6.45, 7) is 13.6. The summed E-state index contributed by atoms with van der Waals surface area (Å²) < 4.78 is 22.9. The van der Waals surface area contributed by atoms with E-state index in [4.69, 9.17) is 18.6 Å². The van der Waals surface area contributed by atoms with Crippen LogP contribution in [-0.4, -0.2) is 49.6 Å². The second-order valence-corrected chi connectivity index (χ2v) is 12.8. The molecular formula is C15H26O7Si. The third kappa shape index (κ3) is 3.45. The molecule has 0 amide bonds. The molecule has 7 nitrogen and oxygen atoms in total. The number of carboxylic acids is 1. The topological polar surface area (TPSA) is 91.3 Å². The molecule has 8 heteroatoms. The highest BCUT2D eigenvalue weighted by Crippen LogP contribution is 2.43. The second kappa shape index (κ2) is 5.54. The summed E-state index contributed by atoms with van der Waals surface area (Å²) in [7, 11) is -2.24. The SMILES string of the molecule is CC1(C)O[C@@H]2[C@@H](O[Si](C)(C)C(C)(C)C)OC(=O)[C@@H](C(=O)O)[C@@H]2O1. The Morgan fingerprint density at radius 1 is 1.22 bits per heavy atom. The number of fused-ring (bicyclic) bond motifs is 1. The molecular weight excluding hydrogens is 320 g/mol. The average Bonchev–Trinajstić information content (AvgIpc) is 2.61. The van der Waals surface area contributed by atoms with E-state index < -0.39 is 50.5 Å². The summed E-state index contributed by atoms with van der Waals surface area (Å²) in [5, 5.41) is 9.22. The first kappa shape index (κ1) is 18.4. The number of carboxylic acid groups (broad SMARTS) is 1. The van der Waals surface area contributed by atoms with Crippen molar-refractivity contribution in [2.45, 2.75) is 77.0 Å². The lowest BCUT2D eigenvalue weighted by molar-refractivity contribution is -0.215. The van der Waals surface area contributed by atoms with Crippen molar-refractivity contribution in [2.75, 3.05) is 0 Å². The highest BCUT2D eigenvalue weighted by Gasteiger charge is 2.60. The standard InChI is InChI=1S/C15H26O7Si/c1-14(2,3)23(6,7)22-13-10-9(20-15(4,5)21-10)8(11(16)17)12(18)19-13/h8-10,13H,1-7H3,(H,16,17)/t8-,9+,10+,13-/m1/s1. The molecule has 0 aromatic heterocycles. The van der Waals surface area contributed by atoms with Crippen LogP contribution >= 0.6 is 0 Å². The van der Waals surface area contributed by atoms with E-state index in [1.165, 1.54) is 0 Å². The Balaban J connectivity index is 2.29. The zero-order valence-corrected chi connectivity index (χ0v) is 15.7. The molecule has 2 heterocycles. The van der Waals surface area contributed by atoms with Crippen molar-refractivity contribution >= 4 is 20.3 Å². The highest BCUT2D eigenvalue weighted by atomic mass is 28.4. The predicted molar refractivity (Wildman–Crippen MR) is 83.1 cm³/mol. The Kier molecular flexibility index (Phi) is 4.43. The minimum Gasteiger partial charge on any atom is -0.481 e. The second-order valence-electron chi connectivity index (χ2n) is 8.06. The molecule has 0 aromatic rings. The number of cyclic esters (lactones) is 1. The molecule has 132 valence electrons. The van der Waals surface area contributed by atoms with Gasteiger partial charge in [0, 0.05) is 0 Å². The van der Waals surface area contributed by atoms with Gasteiger partial charge in [0.1, 0.15) is 12.2 Å². The Morgan fingerprint density at radius 3 is 2.22 bits per heavy atom. The molecule has 2 saturated heterocycles. The molecule has 0 spiro atoms. The summed E-state index contributed by atoms with van der Waals surface area (Å²) in [5.74, 6) is -4.52.